The number of hydrogen-bond donors (Lipinski definition) is 0. The largest absolute Gasteiger partial charge is 0.493 e. The van der Waals surface area contributed by atoms with Crippen LogP contribution in [0.15, 0.2) is 64.5 Å². The van der Waals surface area contributed by atoms with Crippen molar-refractivity contribution in [2.24, 2.45) is 0 Å². The number of thioether (sulfide) groups is 1. The van der Waals surface area contributed by atoms with Crippen molar-refractivity contribution in [3.05, 3.63) is 65.1 Å². The van der Waals surface area contributed by atoms with E-state index in [1.165, 1.54) is 24.2 Å². The molecule has 0 amide bonds. The molecule has 0 fully saturated rings. The number of benzene rings is 2. The zero-order chi connectivity index (χ0) is 16.1. The molecule has 0 saturated carbocycles. The Kier molecular flexibility index (Phi) is 5.30. The van der Waals surface area contributed by atoms with Crippen LogP contribution in [0.2, 0.25) is 0 Å². The predicted octanol–water partition coefficient (Wildman–Crippen LogP) is 4.34. The van der Waals surface area contributed by atoms with Crippen molar-refractivity contribution in [2.75, 3.05) is 12.4 Å². The lowest BCUT2D eigenvalue weighted by atomic mass is 10.3. The van der Waals surface area contributed by atoms with Gasteiger partial charge in [0.25, 0.3) is 0 Å². The molecule has 23 heavy (non-hydrogen) atoms. The smallest absolute Gasteiger partial charge is 0.195 e. The van der Waals surface area contributed by atoms with Crippen molar-refractivity contribution < 1.29 is 9.13 Å². The Balaban J connectivity index is 1.60. The Morgan fingerprint density at radius 2 is 2.04 bits per heavy atom. The van der Waals surface area contributed by atoms with Gasteiger partial charge in [-0.3, -0.25) is 4.57 Å². The van der Waals surface area contributed by atoms with Gasteiger partial charge in [-0.1, -0.05) is 45.9 Å². The molecule has 118 valence electrons. The highest BCUT2D eigenvalue weighted by atomic mass is 79.9. The summed E-state index contributed by atoms with van der Waals surface area (Å²) in [5.74, 6) is 1.18. The maximum absolute atomic E-state index is 13.9. The summed E-state index contributed by atoms with van der Waals surface area (Å²) in [7, 11) is 0. The molecule has 1 heterocycles. The molecule has 0 bridgehead atoms. The van der Waals surface area contributed by atoms with E-state index in [9.17, 15) is 4.39 Å². The molecule has 0 N–H and O–H groups in total. The SMILES string of the molecule is Fc1ccccc1-n1cnnc1SCCOc1cccc(Br)c1. The Bertz CT molecular complexity index is 796. The summed E-state index contributed by atoms with van der Waals surface area (Å²) < 4.78 is 22.1. The van der Waals surface area contributed by atoms with Gasteiger partial charge in [-0.25, -0.2) is 4.39 Å². The highest BCUT2D eigenvalue weighted by molar-refractivity contribution is 9.10. The minimum Gasteiger partial charge on any atom is -0.493 e. The number of ether oxygens (including phenoxy) is 1. The van der Waals surface area contributed by atoms with Crippen LogP contribution >= 0.6 is 27.7 Å². The fourth-order valence-corrected chi connectivity index (χ4v) is 3.10. The first-order valence-electron chi connectivity index (χ1n) is 6.90. The van der Waals surface area contributed by atoms with Crippen LogP contribution in [0.1, 0.15) is 0 Å². The fraction of sp³-hybridized carbons (Fsp3) is 0.125. The number of hydrogen-bond acceptors (Lipinski definition) is 4. The van der Waals surface area contributed by atoms with E-state index in [0.717, 1.165) is 10.2 Å². The number of halogens is 2. The maximum atomic E-state index is 13.9. The number of aromatic nitrogens is 3. The summed E-state index contributed by atoms with van der Waals surface area (Å²) >= 11 is 4.87. The van der Waals surface area contributed by atoms with Crippen LogP contribution in [0.25, 0.3) is 5.69 Å². The Labute approximate surface area is 145 Å². The minimum atomic E-state index is -0.306. The summed E-state index contributed by atoms with van der Waals surface area (Å²) in [4.78, 5) is 0. The van der Waals surface area contributed by atoms with E-state index < -0.39 is 0 Å². The third kappa shape index (κ3) is 4.11. The van der Waals surface area contributed by atoms with Crippen LogP contribution in [0, 0.1) is 5.82 Å². The zero-order valence-corrected chi connectivity index (χ0v) is 14.4. The van der Waals surface area contributed by atoms with Gasteiger partial charge in [0.05, 0.1) is 12.3 Å². The molecular formula is C16H13BrFN3OS. The first-order valence-corrected chi connectivity index (χ1v) is 8.68. The lowest BCUT2D eigenvalue weighted by Crippen LogP contribution is -2.03. The molecule has 1 aromatic heterocycles. The third-order valence-corrected chi connectivity index (χ3v) is 4.41. The molecule has 0 saturated heterocycles. The summed E-state index contributed by atoms with van der Waals surface area (Å²) in [6.07, 6.45) is 1.51. The van der Waals surface area contributed by atoms with E-state index in [1.54, 1.807) is 22.8 Å². The highest BCUT2D eigenvalue weighted by Gasteiger charge is 2.10. The van der Waals surface area contributed by atoms with Crippen LogP contribution in [0.3, 0.4) is 0 Å². The van der Waals surface area contributed by atoms with Gasteiger partial charge < -0.3 is 4.74 Å². The van der Waals surface area contributed by atoms with Crippen LogP contribution in [-0.2, 0) is 0 Å². The molecule has 0 spiro atoms. The Morgan fingerprint density at radius 3 is 2.87 bits per heavy atom. The summed E-state index contributed by atoms with van der Waals surface area (Å²) in [6, 6.07) is 14.2. The van der Waals surface area contributed by atoms with Gasteiger partial charge in [-0.05, 0) is 30.3 Å². The van der Waals surface area contributed by atoms with Gasteiger partial charge in [0.2, 0.25) is 0 Å². The highest BCUT2D eigenvalue weighted by Crippen LogP contribution is 2.22. The predicted molar refractivity (Wildman–Crippen MR) is 91.7 cm³/mol. The number of rotatable bonds is 6. The first kappa shape index (κ1) is 16.0. The third-order valence-electron chi connectivity index (χ3n) is 3.01. The second-order valence-electron chi connectivity index (χ2n) is 4.59. The van der Waals surface area contributed by atoms with Crippen LogP contribution in [-0.4, -0.2) is 27.1 Å². The van der Waals surface area contributed by atoms with Crippen molar-refractivity contribution in [1.29, 1.82) is 0 Å². The maximum Gasteiger partial charge on any atom is 0.195 e. The topological polar surface area (TPSA) is 39.9 Å². The molecule has 7 heteroatoms. The van der Waals surface area contributed by atoms with Crippen molar-refractivity contribution >= 4 is 27.7 Å². The van der Waals surface area contributed by atoms with Crippen molar-refractivity contribution in [3.8, 4) is 11.4 Å². The van der Waals surface area contributed by atoms with E-state index in [1.807, 2.05) is 24.3 Å². The molecule has 2 aromatic carbocycles. The summed E-state index contributed by atoms with van der Waals surface area (Å²) in [5, 5.41) is 8.54. The normalized spacial score (nSPS) is 10.7. The molecule has 3 rings (SSSR count). The minimum absolute atomic E-state index is 0.306. The summed E-state index contributed by atoms with van der Waals surface area (Å²) in [6.45, 7) is 0.519. The Morgan fingerprint density at radius 1 is 1.17 bits per heavy atom. The molecule has 3 aromatic rings. The molecule has 0 atom stereocenters. The molecule has 0 aliphatic heterocycles. The van der Waals surface area contributed by atoms with E-state index in [-0.39, 0.29) is 5.82 Å². The first-order chi connectivity index (χ1) is 11.2. The summed E-state index contributed by atoms with van der Waals surface area (Å²) in [5.41, 5.74) is 0.438. The number of para-hydroxylation sites is 1. The van der Waals surface area contributed by atoms with E-state index in [2.05, 4.69) is 26.1 Å². The molecule has 0 aliphatic carbocycles. The second-order valence-corrected chi connectivity index (χ2v) is 6.57. The number of nitrogens with zero attached hydrogens (tertiary/aromatic N) is 3. The van der Waals surface area contributed by atoms with Gasteiger partial charge in [-0.2, -0.15) is 0 Å². The van der Waals surface area contributed by atoms with Crippen LogP contribution < -0.4 is 4.74 Å². The fourth-order valence-electron chi connectivity index (χ4n) is 1.98. The van der Waals surface area contributed by atoms with Gasteiger partial charge >= 0.3 is 0 Å². The molecular weight excluding hydrogens is 381 g/mol. The Hall–Kier alpha value is -1.86. The van der Waals surface area contributed by atoms with Crippen LogP contribution in [0.5, 0.6) is 5.75 Å². The van der Waals surface area contributed by atoms with Gasteiger partial charge in [0, 0.05) is 10.2 Å². The van der Waals surface area contributed by atoms with E-state index in [0.29, 0.717) is 23.2 Å². The molecule has 0 radical (unpaired) electrons. The lowest BCUT2D eigenvalue weighted by Gasteiger charge is -2.08. The quantitative estimate of drug-likeness (QED) is 0.461. The van der Waals surface area contributed by atoms with Crippen molar-refractivity contribution in [2.45, 2.75) is 5.16 Å². The zero-order valence-electron chi connectivity index (χ0n) is 12.0. The molecule has 0 unspecified atom stereocenters. The van der Waals surface area contributed by atoms with Crippen molar-refractivity contribution in [1.82, 2.24) is 14.8 Å². The lowest BCUT2D eigenvalue weighted by molar-refractivity contribution is 0.343. The standard InChI is InChI=1S/C16H13BrFN3OS/c17-12-4-3-5-13(10-12)22-8-9-23-16-20-19-11-21(16)15-7-2-1-6-14(15)18/h1-7,10-11H,8-9H2. The van der Waals surface area contributed by atoms with E-state index in [4.69, 9.17) is 4.74 Å². The second kappa shape index (κ2) is 7.61. The average Bonchev–Trinajstić information content (AvgIpc) is 3.00. The van der Waals surface area contributed by atoms with Gasteiger partial charge in [0.15, 0.2) is 5.16 Å². The van der Waals surface area contributed by atoms with Gasteiger partial charge in [-0.15, -0.1) is 10.2 Å². The molecule has 4 nitrogen and oxygen atoms in total. The average molecular weight is 394 g/mol. The molecule has 0 aliphatic rings. The van der Waals surface area contributed by atoms with Crippen LogP contribution in [0.4, 0.5) is 4.39 Å². The van der Waals surface area contributed by atoms with Gasteiger partial charge in [0.1, 0.15) is 17.9 Å². The van der Waals surface area contributed by atoms with Crippen molar-refractivity contribution in [3.63, 3.8) is 0 Å². The monoisotopic (exact) mass is 393 g/mol. The van der Waals surface area contributed by atoms with E-state index >= 15 is 0 Å².